The minimum absolute atomic E-state index is 0.171. The van der Waals surface area contributed by atoms with E-state index in [1.807, 2.05) is 13.0 Å². The van der Waals surface area contributed by atoms with Crippen molar-refractivity contribution in [1.82, 2.24) is 10.6 Å². The topological polar surface area (TPSA) is 53.5 Å². The minimum Gasteiger partial charge on any atom is -0.508 e. The number of nitrogens with one attached hydrogen (secondary N) is 2. The van der Waals surface area contributed by atoms with Crippen molar-refractivity contribution in [1.29, 1.82) is 0 Å². The van der Waals surface area contributed by atoms with Crippen LogP contribution in [0.25, 0.3) is 0 Å². The fourth-order valence-corrected chi connectivity index (χ4v) is 4.93. The number of phenols is 1. The average molecular weight is 369 g/mol. The SMILES string of the molecule is Cc1cc(O)cc2c1[C@@H](c1ccccc1)C[C@@]1(CC(C)(C)NC(=S)N1)O2. The Balaban J connectivity index is 1.86. The largest absolute Gasteiger partial charge is 0.508 e. The lowest BCUT2D eigenvalue weighted by Gasteiger charge is -2.50. The number of thiocarbonyl (C=S) groups is 1. The Morgan fingerprint density at radius 1 is 1.15 bits per heavy atom. The molecule has 5 heteroatoms. The lowest BCUT2D eigenvalue weighted by Crippen LogP contribution is -2.69. The Bertz CT molecular complexity index is 866. The number of hydrogen-bond donors (Lipinski definition) is 3. The predicted molar refractivity (Wildman–Crippen MR) is 107 cm³/mol. The summed E-state index contributed by atoms with van der Waals surface area (Å²) in [6.45, 7) is 6.29. The van der Waals surface area contributed by atoms with Gasteiger partial charge in [-0.25, -0.2) is 0 Å². The molecule has 0 bridgehead atoms. The molecule has 1 fully saturated rings. The molecule has 0 amide bonds. The number of ether oxygens (including phenoxy) is 1. The molecule has 2 atom stereocenters. The molecule has 0 unspecified atom stereocenters. The van der Waals surface area contributed by atoms with Crippen LogP contribution in [0.5, 0.6) is 11.5 Å². The summed E-state index contributed by atoms with van der Waals surface area (Å²) in [5.41, 5.74) is 2.66. The van der Waals surface area contributed by atoms with Gasteiger partial charge in [0.1, 0.15) is 11.5 Å². The van der Waals surface area contributed by atoms with Gasteiger partial charge in [0.2, 0.25) is 0 Å². The van der Waals surface area contributed by atoms with E-state index < -0.39 is 5.72 Å². The summed E-state index contributed by atoms with van der Waals surface area (Å²) in [7, 11) is 0. The average Bonchev–Trinajstić information content (AvgIpc) is 2.51. The lowest BCUT2D eigenvalue weighted by atomic mass is 9.76. The number of aryl methyl sites for hydroxylation is 1. The molecular formula is C21H24N2O2S. The standard InChI is InChI=1S/C21H24N2O2S/c1-13-9-15(24)10-17-18(13)16(14-7-5-4-6-8-14)11-21(25-17)12-20(2,3)22-19(26)23-21/h4-10,16,24H,11-12H2,1-3H3,(H2,22,23,26)/t16-,21+/m1/s1. The maximum atomic E-state index is 10.1. The van der Waals surface area contributed by atoms with Gasteiger partial charge in [-0.05, 0) is 50.2 Å². The monoisotopic (exact) mass is 368 g/mol. The third-order valence-corrected chi connectivity index (χ3v) is 5.45. The molecule has 2 aromatic carbocycles. The summed E-state index contributed by atoms with van der Waals surface area (Å²) >= 11 is 5.46. The second-order valence-electron chi connectivity index (χ2n) is 8.08. The smallest absolute Gasteiger partial charge is 0.185 e. The molecule has 26 heavy (non-hydrogen) atoms. The fourth-order valence-electron chi connectivity index (χ4n) is 4.47. The van der Waals surface area contributed by atoms with Gasteiger partial charge in [-0.15, -0.1) is 0 Å². The van der Waals surface area contributed by atoms with E-state index in [4.69, 9.17) is 17.0 Å². The number of phenolic OH excluding ortho intramolecular Hbond substituents is 1. The fraction of sp³-hybridized carbons (Fsp3) is 0.381. The molecule has 0 aromatic heterocycles. The van der Waals surface area contributed by atoms with Gasteiger partial charge in [0.05, 0.1) is 0 Å². The van der Waals surface area contributed by atoms with E-state index in [0.29, 0.717) is 5.11 Å². The van der Waals surface area contributed by atoms with Gasteiger partial charge in [0.15, 0.2) is 10.8 Å². The van der Waals surface area contributed by atoms with Crippen LogP contribution in [0.3, 0.4) is 0 Å². The highest BCUT2D eigenvalue weighted by Crippen LogP contribution is 2.48. The zero-order chi connectivity index (χ0) is 18.5. The van der Waals surface area contributed by atoms with Crippen molar-refractivity contribution >= 4 is 17.3 Å². The Labute approximate surface area is 159 Å². The van der Waals surface area contributed by atoms with E-state index in [1.165, 1.54) is 5.56 Å². The van der Waals surface area contributed by atoms with E-state index in [-0.39, 0.29) is 17.2 Å². The highest BCUT2D eigenvalue weighted by atomic mass is 32.1. The van der Waals surface area contributed by atoms with Crippen molar-refractivity contribution in [2.75, 3.05) is 0 Å². The summed E-state index contributed by atoms with van der Waals surface area (Å²) < 4.78 is 6.48. The number of fused-ring (bicyclic) bond motifs is 1. The number of rotatable bonds is 1. The molecule has 0 radical (unpaired) electrons. The van der Waals surface area contributed by atoms with Crippen LogP contribution in [-0.4, -0.2) is 21.5 Å². The third-order valence-electron chi connectivity index (χ3n) is 5.24. The van der Waals surface area contributed by atoms with Crippen molar-refractivity contribution in [3.8, 4) is 11.5 Å². The number of benzene rings is 2. The zero-order valence-corrected chi connectivity index (χ0v) is 16.1. The summed E-state index contributed by atoms with van der Waals surface area (Å²) in [5.74, 6) is 1.13. The van der Waals surface area contributed by atoms with Crippen molar-refractivity contribution < 1.29 is 9.84 Å². The van der Waals surface area contributed by atoms with Gasteiger partial charge in [0, 0.05) is 35.9 Å². The van der Waals surface area contributed by atoms with Gasteiger partial charge < -0.3 is 20.5 Å². The summed E-state index contributed by atoms with van der Waals surface area (Å²) in [5, 5.41) is 17.4. The Morgan fingerprint density at radius 2 is 1.88 bits per heavy atom. The molecule has 2 heterocycles. The van der Waals surface area contributed by atoms with Crippen LogP contribution in [-0.2, 0) is 0 Å². The summed E-state index contributed by atoms with van der Waals surface area (Å²) in [6, 6.07) is 14.0. The first-order chi connectivity index (χ1) is 12.3. The van der Waals surface area contributed by atoms with Crippen molar-refractivity contribution in [3.63, 3.8) is 0 Å². The van der Waals surface area contributed by atoms with E-state index in [2.05, 4.69) is 48.7 Å². The first-order valence-corrected chi connectivity index (χ1v) is 9.36. The molecule has 1 spiro atoms. The molecule has 2 aromatic rings. The molecule has 0 saturated carbocycles. The zero-order valence-electron chi connectivity index (χ0n) is 15.3. The highest BCUT2D eigenvalue weighted by Gasteiger charge is 2.49. The summed E-state index contributed by atoms with van der Waals surface area (Å²) in [4.78, 5) is 0. The van der Waals surface area contributed by atoms with Crippen LogP contribution in [0.1, 0.15) is 49.3 Å². The minimum atomic E-state index is -0.598. The molecule has 2 aliphatic heterocycles. The first-order valence-electron chi connectivity index (χ1n) is 8.95. The van der Waals surface area contributed by atoms with Gasteiger partial charge >= 0.3 is 0 Å². The van der Waals surface area contributed by atoms with Crippen molar-refractivity contribution in [2.24, 2.45) is 0 Å². The van der Waals surface area contributed by atoms with Gasteiger partial charge in [-0.3, -0.25) is 0 Å². The Morgan fingerprint density at radius 3 is 2.58 bits per heavy atom. The second kappa shape index (κ2) is 5.88. The van der Waals surface area contributed by atoms with Gasteiger partial charge in [0.25, 0.3) is 0 Å². The van der Waals surface area contributed by atoms with Crippen LogP contribution in [0, 0.1) is 6.92 Å². The molecule has 0 aliphatic carbocycles. The lowest BCUT2D eigenvalue weighted by molar-refractivity contribution is -0.0130. The van der Waals surface area contributed by atoms with Crippen molar-refractivity contribution in [3.05, 3.63) is 59.2 Å². The molecule has 2 aliphatic rings. The van der Waals surface area contributed by atoms with Crippen LogP contribution in [0.2, 0.25) is 0 Å². The van der Waals surface area contributed by atoms with Gasteiger partial charge in [-0.2, -0.15) is 0 Å². The summed E-state index contributed by atoms with van der Waals surface area (Å²) in [6.07, 6.45) is 1.54. The quantitative estimate of drug-likeness (QED) is 0.665. The normalized spacial score (nSPS) is 26.4. The van der Waals surface area contributed by atoms with E-state index in [9.17, 15) is 5.11 Å². The molecule has 136 valence electrons. The Hall–Kier alpha value is -2.27. The molecule has 4 nitrogen and oxygen atoms in total. The van der Waals surface area contributed by atoms with E-state index in [0.717, 1.165) is 29.7 Å². The molecule has 4 rings (SSSR count). The van der Waals surface area contributed by atoms with E-state index >= 15 is 0 Å². The molecular weight excluding hydrogens is 344 g/mol. The number of hydrogen-bond acceptors (Lipinski definition) is 3. The predicted octanol–water partition coefficient (Wildman–Crippen LogP) is 3.96. The third kappa shape index (κ3) is 3.01. The second-order valence-corrected chi connectivity index (χ2v) is 8.49. The van der Waals surface area contributed by atoms with Gasteiger partial charge in [-0.1, -0.05) is 30.3 Å². The highest BCUT2D eigenvalue weighted by molar-refractivity contribution is 7.80. The van der Waals surface area contributed by atoms with E-state index in [1.54, 1.807) is 12.1 Å². The van der Waals surface area contributed by atoms with Crippen molar-refractivity contribution in [2.45, 2.75) is 50.8 Å². The van der Waals surface area contributed by atoms with Crippen LogP contribution in [0.4, 0.5) is 0 Å². The molecule has 3 N–H and O–H groups in total. The van der Waals surface area contributed by atoms with Crippen LogP contribution < -0.4 is 15.4 Å². The Kier molecular flexibility index (Phi) is 3.88. The van der Waals surface area contributed by atoms with Crippen LogP contribution >= 0.6 is 12.2 Å². The number of aromatic hydroxyl groups is 1. The maximum absolute atomic E-state index is 10.1. The first kappa shape index (κ1) is 17.2. The maximum Gasteiger partial charge on any atom is 0.185 e. The molecule has 1 saturated heterocycles. The van der Waals surface area contributed by atoms with Crippen LogP contribution in [0.15, 0.2) is 42.5 Å².